The molecule has 4 aliphatic rings. The second kappa shape index (κ2) is 7.89. The minimum Gasteiger partial charge on any atom is -0.350 e. The Morgan fingerprint density at radius 1 is 0.967 bits per heavy atom. The molecule has 0 unspecified atom stereocenters. The Kier molecular flexibility index (Phi) is 5.09. The summed E-state index contributed by atoms with van der Waals surface area (Å²) in [5.74, 6) is 2.41. The Morgan fingerprint density at radius 2 is 1.63 bits per heavy atom. The third-order valence-electron chi connectivity index (χ3n) is 7.34. The first-order chi connectivity index (χ1) is 14.6. The Labute approximate surface area is 177 Å². The van der Waals surface area contributed by atoms with Crippen molar-refractivity contribution in [2.45, 2.75) is 51.5 Å². The van der Waals surface area contributed by atoms with Gasteiger partial charge in [0.2, 0.25) is 11.8 Å². The summed E-state index contributed by atoms with van der Waals surface area (Å²) < 4.78 is 1.79. The van der Waals surface area contributed by atoms with Gasteiger partial charge in [-0.1, -0.05) is 12.1 Å². The zero-order chi connectivity index (χ0) is 20.6. The van der Waals surface area contributed by atoms with Crippen molar-refractivity contribution in [1.82, 2.24) is 20.4 Å². The van der Waals surface area contributed by atoms with Gasteiger partial charge in [0.05, 0.1) is 12.2 Å². The van der Waals surface area contributed by atoms with Crippen LogP contribution in [0.3, 0.4) is 0 Å². The fraction of sp³-hybridized carbons (Fsp3) is 0.542. The van der Waals surface area contributed by atoms with Gasteiger partial charge in [0, 0.05) is 25.4 Å². The molecule has 4 fully saturated rings. The summed E-state index contributed by atoms with van der Waals surface area (Å²) >= 11 is 0. The van der Waals surface area contributed by atoms with E-state index in [1.165, 1.54) is 38.5 Å². The van der Waals surface area contributed by atoms with Gasteiger partial charge in [-0.05, 0) is 85.5 Å². The number of benzene rings is 1. The van der Waals surface area contributed by atoms with E-state index >= 15 is 0 Å². The number of amides is 2. The minimum atomic E-state index is -0.148. The quantitative estimate of drug-likeness (QED) is 0.741. The Morgan fingerprint density at radius 3 is 2.23 bits per heavy atom. The molecule has 1 heterocycles. The van der Waals surface area contributed by atoms with E-state index in [0.717, 1.165) is 29.0 Å². The van der Waals surface area contributed by atoms with E-state index in [0.29, 0.717) is 13.0 Å². The van der Waals surface area contributed by atoms with Crippen molar-refractivity contribution in [1.29, 1.82) is 0 Å². The van der Waals surface area contributed by atoms with E-state index in [1.54, 1.807) is 10.9 Å². The number of rotatable bonds is 7. The van der Waals surface area contributed by atoms with Crippen LogP contribution in [0.5, 0.6) is 0 Å². The number of aromatic nitrogens is 2. The van der Waals surface area contributed by atoms with E-state index < -0.39 is 0 Å². The highest BCUT2D eigenvalue weighted by Crippen LogP contribution is 2.61. The van der Waals surface area contributed by atoms with Crippen LogP contribution in [-0.4, -0.2) is 28.1 Å². The molecule has 4 aliphatic carbocycles. The molecule has 2 N–H and O–H groups in total. The number of hydrogen-bond acceptors (Lipinski definition) is 3. The average Bonchev–Trinajstić information content (AvgIpc) is 3.24. The van der Waals surface area contributed by atoms with E-state index in [9.17, 15) is 9.59 Å². The molecule has 2 amide bonds. The second-order valence-electron chi connectivity index (χ2n) is 9.76. The van der Waals surface area contributed by atoms with E-state index in [2.05, 4.69) is 15.7 Å². The third kappa shape index (κ3) is 4.13. The van der Waals surface area contributed by atoms with Crippen LogP contribution in [0.1, 0.15) is 50.5 Å². The van der Waals surface area contributed by atoms with Crippen LogP contribution in [0.15, 0.2) is 42.7 Å². The maximum absolute atomic E-state index is 12.6. The summed E-state index contributed by atoms with van der Waals surface area (Å²) in [4.78, 5) is 24.8. The molecule has 4 bridgehead atoms. The zero-order valence-corrected chi connectivity index (χ0v) is 17.3. The van der Waals surface area contributed by atoms with Gasteiger partial charge < -0.3 is 10.6 Å². The number of carbonyl (C=O) groups excluding carboxylic acids is 2. The molecule has 1 aromatic carbocycles. The number of nitrogens with one attached hydrogen (secondary N) is 2. The van der Waals surface area contributed by atoms with Crippen LogP contribution >= 0.6 is 0 Å². The topological polar surface area (TPSA) is 76.0 Å². The standard InChI is InChI=1S/C24H30N4O2/c29-22(14-24-11-18-8-19(12-24)10-20(9-18)13-24)26-16-23(30)25-15-17-2-4-21(5-3-17)28-7-1-6-27-28/h1-7,18-20H,8-16H2,(H,25,30)(H,26,29). The van der Waals surface area contributed by atoms with E-state index in [4.69, 9.17) is 0 Å². The molecular weight excluding hydrogens is 376 g/mol. The highest BCUT2D eigenvalue weighted by atomic mass is 16.2. The lowest BCUT2D eigenvalue weighted by Gasteiger charge is -2.56. The molecule has 0 radical (unpaired) electrons. The lowest BCUT2D eigenvalue weighted by atomic mass is 9.49. The molecule has 158 valence electrons. The largest absolute Gasteiger partial charge is 0.350 e. The molecular formula is C24H30N4O2. The summed E-state index contributed by atoms with van der Waals surface area (Å²) in [6.45, 7) is 0.500. The Balaban J connectivity index is 1.06. The normalized spacial score (nSPS) is 29.0. The lowest BCUT2D eigenvalue weighted by molar-refractivity contribution is -0.131. The van der Waals surface area contributed by atoms with Gasteiger partial charge in [-0.2, -0.15) is 5.10 Å². The Hall–Kier alpha value is -2.63. The molecule has 0 spiro atoms. The zero-order valence-electron chi connectivity index (χ0n) is 17.3. The molecule has 6 rings (SSSR count). The predicted octanol–water partition coefficient (Wildman–Crippen LogP) is 3.21. The first-order valence-electron chi connectivity index (χ1n) is 11.2. The number of carbonyl (C=O) groups is 2. The van der Waals surface area contributed by atoms with Crippen LogP contribution in [0.4, 0.5) is 0 Å². The van der Waals surface area contributed by atoms with Gasteiger partial charge in [0.25, 0.3) is 0 Å². The first kappa shape index (κ1) is 19.3. The monoisotopic (exact) mass is 406 g/mol. The summed E-state index contributed by atoms with van der Waals surface area (Å²) in [6, 6.07) is 9.78. The molecule has 0 saturated heterocycles. The van der Waals surface area contributed by atoms with Gasteiger partial charge in [-0.3, -0.25) is 9.59 Å². The number of nitrogens with zero attached hydrogens (tertiary/aromatic N) is 2. The fourth-order valence-electron chi connectivity index (χ4n) is 6.54. The fourth-order valence-corrected chi connectivity index (χ4v) is 6.54. The van der Waals surface area contributed by atoms with Crippen molar-refractivity contribution < 1.29 is 9.59 Å². The van der Waals surface area contributed by atoms with Crippen LogP contribution in [0.2, 0.25) is 0 Å². The van der Waals surface area contributed by atoms with Gasteiger partial charge in [-0.25, -0.2) is 4.68 Å². The first-order valence-corrected chi connectivity index (χ1v) is 11.2. The minimum absolute atomic E-state index is 0.0377. The van der Waals surface area contributed by atoms with E-state index in [-0.39, 0.29) is 23.8 Å². The van der Waals surface area contributed by atoms with Gasteiger partial charge in [0.1, 0.15) is 0 Å². The summed E-state index contributed by atoms with van der Waals surface area (Å²) in [5.41, 5.74) is 2.21. The predicted molar refractivity (Wildman–Crippen MR) is 114 cm³/mol. The SMILES string of the molecule is O=C(CNC(=O)CC12CC3CC(CC(C3)C1)C2)NCc1ccc(-n2cccn2)cc1. The Bertz CT molecular complexity index is 869. The summed E-state index contributed by atoms with van der Waals surface area (Å²) in [5, 5.41) is 9.96. The molecule has 6 heteroatoms. The summed E-state index contributed by atoms with van der Waals surface area (Å²) in [7, 11) is 0. The van der Waals surface area contributed by atoms with Crippen LogP contribution in [0.25, 0.3) is 5.69 Å². The maximum atomic E-state index is 12.6. The molecule has 0 atom stereocenters. The second-order valence-corrected chi connectivity index (χ2v) is 9.76. The lowest BCUT2D eigenvalue weighted by Crippen LogP contribution is -2.48. The van der Waals surface area contributed by atoms with Crippen LogP contribution < -0.4 is 10.6 Å². The number of hydrogen-bond donors (Lipinski definition) is 2. The third-order valence-corrected chi connectivity index (χ3v) is 7.34. The van der Waals surface area contributed by atoms with Crippen molar-refractivity contribution in [2.75, 3.05) is 6.54 Å². The molecule has 4 saturated carbocycles. The highest BCUT2D eigenvalue weighted by molar-refractivity contribution is 5.84. The van der Waals surface area contributed by atoms with Gasteiger partial charge in [0.15, 0.2) is 0 Å². The van der Waals surface area contributed by atoms with Crippen molar-refractivity contribution >= 4 is 11.8 Å². The van der Waals surface area contributed by atoms with Crippen molar-refractivity contribution in [3.05, 3.63) is 48.3 Å². The van der Waals surface area contributed by atoms with Crippen LogP contribution in [-0.2, 0) is 16.1 Å². The van der Waals surface area contributed by atoms with Crippen molar-refractivity contribution in [3.8, 4) is 5.69 Å². The van der Waals surface area contributed by atoms with Crippen molar-refractivity contribution in [2.24, 2.45) is 23.2 Å². The van der Waals surface area contributed by atoms with Crippen LogP contribution in [0, 0.1) is 23.2 Å². The molecule has 2 aromatic rings. The molecule has 30 heavy (non-hydrogen) atoms. The molecule has 6 nitrogen and oxygen atoms in total. The average molecular weight is 407 g/mol. The molecule has 0 aliphatic heterocycles. The highest BCUT2D eigenvalue weighted by Gasteiger charge is 2.51. The smallest absolute Gasteiger partial charge is 0.239 e. The van der Waals surface area contributed by atoms with Gasteiger partial charge >= 0.3 is 0 Å². The van der Waals surface area contributed by atoms with Gasteiger partial charge in [-0.15, -0.1) is 0 Å². The molecule has 1 aromatic heterocycles. The summed E-state index contributed by atoms with van der Waals surface area (Å²) in [6.07, 6.45) is 12.0. The van der Waals surface area contributed by atoms with E-state index in [1.807, 2.05) is 36.5 Å². The van der Waals surface area contributed by atoms with Crippen molar-refractivity contribution in [3.63, 3.8) is 0 Å². The maximum Gasteiger partial charge on any atom is 0.239 e.